The van der Waals surface area contributed by atoms with Gasteiger partial charge in [0.2, 0.25) is 0 Å². The van der Waals surface area contributed by atoms with Crippen LogP contribution >= 0.6 is 0 Å². The molecule has 0 amide bonds. The van der Waals surface area contributed by atoms with E-state index in [-0.39, 0.29) is 5.56 Å². The Bertz CT molecular complexity index is 1450. The second-order valence-corrected chi connectivity index (χ2v) is 8.63. The molecule has 1 N–H and O–H groups in total. The smallest absolute Gasteiger partial charge is 0.252 e. The molecule has 0 spiro atoms. The van der Waals surface area contributed by atoms with Crippen LogP contribution in [0.1, 0.15) is 33.8 Å². The maximum atomic E-state index is 13.0. The van der Waals surface area contributed by atoms with Crippen molar-refractivity contribution in [3.8, 4) is 0 Å². The fourth-order valence-corrected chi connectivity index (χ4v) is 4.12. The number of hydrogen-bond acceptors (Lipinski definition) is 6. The largest absolute Gasteiger partial charge is 0.467 e. The maximum Gasteiger partial charge on any atom is 0.252 e. The highest BCUT2D eigenvalue weighted by Gasteiger charge is 2.17. The van der Waals surface area contributed by atoms with Crippen LogP contribution in [0.4, 0.5) is 0 Å². The number of para-hydroxylation sites is 1. The van der Waals surface area contributed by atoms with Crippen molar-refractivity contribution in [1.29, 1.82) is 0 Å². The highest BCUT2D eigenvalue weighted by Crippen LogP contribution is 2.18. The second kappa shape index (κ2) is 9.44. The summed E-state index contributed by atoms with van der Waals surface area (Å²) in [4.78, 5) is 18.2. The van der Waals surface area contributed by atoms with E-state index in [1.165, 1.54) is 5.56 Å². The van der Waals surface area contributed by atoms with Crippen LogP contribution in [0.5, 0.6) is 0 Å². The molecule has 0 aliphatic carbocycles. The third-order valence-electron chi connectivity index (χ3n) is 5.94. The van der Waals surface area contributed by atoms with Crippen LogP contribution in [0.25, 0.3) is 10.9 Å². The quantitative estimate of drug-likeness (QED) is 0.381. The van der Waals surface area contributed by atoms with Crippen molar-refractivity contribution in [3.05, 3.63) is 111 Å². The molecule has 0 aliphatic heterocycles. The number of nitrogens with zero attached hydrogens (tertiary/aromatic N) is 5. The van der Waals surface area contributed by atoms with Gasteiger partial charge in [-0.1, -0.05) is 48.0 Å². The van der Waals surface area contributed by atoms with Gasteiger partial charge in [0.05, 0.1) is 18.3 Å². The lowest BCUT2D eigenvalue weighted by atomic mass is 10.1. The normalized spacial score (nSPS) is 11.5. The predicted octanol–water partition coefficient (Wildman–Crippen LogP) is 3.98. The first-order valence-corrected chi connectivity index (χ1v) is 11.2. The van der Waals surface area contributed by atoms with Crippen molar-refractivity contribution < 1.29 is 4.42 Å². The molecule has 0 saturated carbocycles. The summed E-state index contributed by atoms with van der Waals surface area (Å²) >= 11 is 0. The average Bonchev–Trinajstić information content (AvgIpc) is 3.49. The summed E-state index contributed by atoms with van der Waals surface area (Å²) in [6.45, 7) is 6.11. The van der Waals surface area contributed by atoms with Gasteiger partial charge in [-0.3, -0.25) is 9.69 Å². The lowest BCUT2D eigenvalue weighted by Gasteiger charge is -2.22. The number of aryl methyl sites for hydroxylation is 2. The number of aromatic nitrogens is 5. The number of pyridine rings is 1. The van der Waals surface area contributed by atoms with Crippen molar-refractivity contribution in [2.24, 2.45) is 0 Å². The van der Waals surface area contributed by atoms with Crippen molar-refractivity contribution in [1.82, 2.24) is 30.1 Å². The van der Waals surface area contributed by atoms with Crippen LogP contribution in [0.15, 0.2) is 76.1 Å². The molecule has 0 aliphatic rings. The standard InChI is InChI=1S/C26H26N6O2/c1-18-8-10-20(11-9-18)14-31(17-24-28-29-30-32(24)16-23-7-4-12-34-23)15-22-13-21-6-3-5-19(2)25(21)27-26(22)33/h3-13H,14-17H2,1-2H3,(H,27,33). The summed E-state index contributed by atoms with van der Waals surface area (Å²) in [6, 6.07) is 20.2. The first kappa shape index (κ1) is 21.8. The summed E-state index contributed by atoms with van der Waals surface area (Å²) in [5.74, 6) is 1.48. The molecule has 172 valence electrons. The number of rotatable bonds is 8. The molecule has 3 aromatic heterocycles. The van der Waals surface area contributed by atoms with Gasteiger partial charge in [0, 0.05) is 18.7 Å². The Kier molecular flexibility index (Phi) is 6.05. The van der Waals surface area contributed by atoms with Crippen LogP contribution in [-0.2, 0) is 26.2 Å². The summed E-state index contributed by atoms with van der Waals surface area (Å²) in [7, 11) is 0. The summed E-state index contributed by atoms with van der Waals surface area (Å²) < 4.78 is 7.19. The lowest BCUT2D eigenvalue weighted by Crippen LogP contribution is -2.28. The first-order chi connectivity index (χ1) is 16.5. The minimum absolute atomic E-state index is 0.0779. The van der Waals surface area contributed by atoms with Crippen molar-refractivity contribution in [2.75, 3.05) is 0 Å². The van der Waals surface area contributed by atoms with Crippen LogP contribution < -0.4 is 5.56 Å². The molecule has 5 aromatic rings. The third kappa shape index (κ3) is 4.82. The zero-order chi connectivity index (χ0) is 23.5. The number of H-pyrrole nitrogens is 1. The van der Waals surface area contributed by atoms with E-state index in [2.05, 4.69) is 56.6 Å². The van der Waals surface area contributed by atoms with Gasteiger partial charge < -0.3 is 9.40 Å². The van der Waals surface area contributed by atoms with Gasteiger partial charge in [-0.05, 0) is 59.0 Å². The van der Waals surface area contributed by atoms with Crippen LogP contribution in [-0.4, -0.2) is 30.1 Å². The highest BCUT2D eigenvalue weighted by atomic mass is 16.3. The molecule has 8 heteroatoms. The average molecular weight is 455 g/mol. The molecule has 0 atom stereocenters. The third-order valence-corrected chi connectivity index (χ3v) is 5.94. The Hall–Kier alpha value is -4.04. The van der Waals surface area contributed by atoms with Gasteiger partial charge in [-0.25, -0.2) is 4.68 Å². The van der Waals surface area contributed by atoms with Gasteiger partial charge in [0.25, 0.3) is 5.56 Å². The Labute approximate surface area is 196 Å². The molecule has 0 radical (unpaired) electrons. The molecule has 8 nitrogen and oxygen atoms in total. The first-order valence-electron chi connectivity index (χ1n) is 11.2. The van der Waals surface area contributed by atoms with Gasteiger partial charge in [-0.15, -0.1) is 5.10 Å². The highest BCUT2D eigenvalue weighted by molar-refractivity contribution is 5.81. The van der Waals surface area contributed by atoms with Gasteiger partial charge in [-0.2, -0.15) is 0 Å². The van der Waals surface area contributed by atoms with Crippen molar-refractivity contribution in [3.63, 3.8) is 0 Å². The fourth-order valence-electron chi connectivity index (χ4n) is 4.12. The maximum absolute atomic E-state index is 13.0. The monoisotopic (exact) mass is 454 g/mol. The summed E-state index contributed by atoms with van der Waals surface area (Å²) in [5, 5.41) is 13.3. The van der Waals surface area contributed by atoms with Gasteiger partial charge in [0.1, 0.15) is 12.3 Å². The number of hydrogen-bond donors (Lipinski definition) is 1. The molecule has 34 heavy (non-hydrogen) atoms. The van der Waals surface area contributed by atoms with E-state index in [4.69, 9.17) is 4.42 Å². The number of nitrogens with one attached hydrogen (secondary N) is 1. The second-order valence-electron chi connectivity index (χ2n) is 8.63. The molecule has 0 unspecified atom stereocenters. The lowest BCUT2D eigenvalue weighted by molar-refractivity contribution is 0.235. The molecular formula is C26H26N6O2. The number of tetrazole rings is 1. The number of aromatic amines is 1. The van der Waals surface area contributed by atoms with Gasteiger partial charge in [0.15, 0.2) is 5.82 Å². The zero-order valence-electron chi connectivity index (χ0n) is 19.2. The predicted molar refractivity (Wildman–Crippen MR) is 129 cm³/mol. The van der Waals surface area contributed by atoms with Gasteiger partial charge >= 0.3 is 0 Å². The Morgan fingerprint density at radius 1 is 1.00 bits per heavy atom. The number of fused-ring (bicyclic) bond motifs is 1. The number of benzene rings is 2. The Balaban J connectivity index is 1.45. The van der Waals surface area contributed by atoms with Crippen molar-refractivity contribution in [2.45, 2.75) is 40.0 Å². The Morgan fingerprint density at radius 3 is 2.65 bits per heavy atom. The zero-order valence-corrected chi connectivity index (χ0v) is 19.2. The molecule has 0 bridgehead atoms. The van der Waals surface area contributed by atoms with Crippen molar-refractivity contribution >= 4 is 10.9 Å². The molecule has 0 fully saturated rings. The van der Waals surface area contributed by atoms with Crippen LogP contribution in [0.3, 0.4) is 0 Å². The van der Waals surface area contributed by atoms with E-state index in [0.717, 1.165) is 27.8 Å². The van der Waals surface area contributed by atoms with E-state index in [0.29, 0.717) is 37.6 Å². The summed E-state index contributed by atoms with van der Waals surface area (Å²) in [6.07, 6.45) is 1.64. The molecule has 2 aromatic carbocycles. The van der Waals surface area contributed by atoms with E-state index < -0.39 is 0 Å². The van der Waals surface area contributed by atoms with E-state index in [1.54, 1.807) is 10.9 Å². The van der Waals surface area contributed by atoms with Crippen LogP contribution in [0.2, 0.25) is 0 Å². The molecule has 3 heterocycles. The van der Waals surface area contributed by atoms with E-state index in [9.17, 15) is 4.79 Å². The van der Waals surface area contributed by atoms with Crippen LogP contribution in [0, 0.1) is 13.8 Å². The SMILES string of the molecule is Cc1ccc(CN(Cc2cc3cccc(C)c3[nH]c2=O)Cc2nnnn2Cc2ccco2)cc1. The minimum atomic E-state index is -0.0779. The topological polar surface area (TPSA) is 92.8 Å². The molecule has 5 rings (SSSR count). The van der Waals surface area contributed by atoms with E-state index in [1.807, 2.05) is 43.3 Å². The van der Waals surface area contributed by atoms with E-state index >= 15 is 0 Å². The molecule has 0 saturated heterocycles. The Morgan fingerprint density at radius 2 is 1.85 bits per heavy atom. The summed E-state index contributed by atoms with van der Waals surface area (Å²) in [5.41, 5.74) is 4.92. The minimum Gasteiger partial charge on any atom is -0.467 e. The number of furan rings is 1. The molecular weight excluding hydrogens is 428 g/mol. The fraction of sp³-hybridized carbons (Fsp3) is 0.231.